The summed E-state index contributed by atoms with van der Waals surface area (Å²) in [6, 6.07) is 25.0. The molecule has 1 N–H and O–H groups in total. The number of aromatic nitrogens is 1. The molecular formula is C30H27ClN4O3S. The maximum Gasteiger partial charge on any atom is 0.251 e. The predicted molar refractivity (Wildman–Crippen MR) is 152 cm³/mol. The summed E-state index contributed by atoms with van der Waals surface area (Å²) < 4.78 is 28.8. The minimum Gasteiger partial charge on any atom is -0.352 e. The van der Waals surface area contributed by atoms with Crippen molar-refractivity contribution >= 4 is 33.2 Å². The zero-order valence-electron chi connectivity index (χ0n) is 21.1. The fraction of sp³-hybridized carbons (Fsp3) is 0.167. The molecule has 0 unspecified atom stereocenters. The van der Waals surface area contributed by atoms with Gasteiger partial charge in [-0.3, -0.25) is 14.8 Å². The van der Waals surface area contributed by atoms with E-state index in [1.165, 1.54) is 4.31 Å². The number of nitrogens with zero attached hydrogens (tertiary/aromatic N) is 3. The van der Waals surface area contributed by atoms with Crippen LogP contribution in [0.3, 0.4) is 0 Å². The molecule has 39 heavy (non-hydrogen) atoms. The maximum absolute atomic E-state index is 13.7. The van der Waals surface area contributed by atoms with Crippen molar-refractivity contribution < 1.29 is 13.2 Å². The lowest BCUT2D eigenvalue weighted by atomic mass is 10.1. The number of hydrogen-bond acceptors (Lipinski definition) is 5. The summed E-state index contributed by atoms with van der Waals surface area (Å²) >= 11 is 6.03. The Hall–Kier alpha value is -3.85. The van der Waals surface area contributed by atoms with Gasteiger partial charge in [0.25, 0.3) is 5.91 Å². The Morgan fingerprint density at radius 2 is 1.62 bits per heavy atom. The number of pyridine rings is 1. The highest BCUT2D eigenvalue weighted by atomic mass is 35.5. The fourth-order valence-corrected chi connectivity index (χ4v) is 5.82. The number of hydrogen-bond donors (Lipinski definition) is 1. The van der Waals surface area contributed by atoms with Crippen molar-refractivity contribution in [2.24, 2.45) is 4.99 Å². The third-order valence-electron chi connectivity index (χ3n) is 6.39. The number of sulfonamides is 1. The molecule has 0 atom stereocenters. The number of amides is 1. The lowest BCUT2D eigenvalue weighted by molar-refractivity contribution is 0.0954. The molecule has 1 aliphatic rings. The van der Waals surface area contributed by atoms with Crippen LogP contribution < -0.4 is 5.32 Å². The first kappa shape index (κ1) is 26.7. The van der Waals surface area contributed by atoms with Gasteiger partial charge in [-0.1, -0.05) is 54.1 Å². The van der Waals surface area contributed by atoms with Crippen LogP contribution in [0.4, 0.5) is 0 Å². The highest BCUT2D eigenvalue weighted by molar-refractivity contribution is 7.89. The lowest BCUT2D eigenvalue weighted by Gasteiger charge is -2.23. The second kappa shape index (κ2) is 11.9. The molecule has 0 saturated heterocycles. The van der Waals surface area contributed by atoms with Crippen LogP contribution in [0.1, 0.15) is 32.6 Å². The van der Waals surface area contributed by atoms with Gasteiger partial charge in [0.15, 0.2) is 0 Å². The van der Waals surface area contributed by atoms with Crippen molar-refractivity contribution in [2.75, 3.05) is 13.1 Å². The molecule has 0 bridgehead atoms. The van der Waals surface area contributed by atoms with E-state index in [1.807, 2.05) is 30.3 Å². The normalized spacial score (nSPS) is 12.7. The van der Waals surface area contributed by atoms with Gasteiger partial charge in [0.2, 0.25) is 10.0 Å². The van der Waals surface area contributed by atoms with Gasteiger partial charge in [-0.15, -0.1) is 0 Å². The Morgan fingerprint density at radius 1 is 0.897 bits per heavy atom. The molecule has 198 valence electrons. The molecular weight excluding hydrogens is 532 g/mol. The van der Waals surface area contributed by atoms with Crippen LogP contribution in [0.25, 0.3) is 0 Å². The standard InChI is InChI=1S/C30H27ClN4O3S/c31-27-5-1-3-22(17-27)14-16-33-30(36)26-8-6-23(7-9-26)20-35(21-24-4-2-15-32-18-24)39(37,38)28-12-10-25(11-13-28)29-19-34-29/h1-13,15,17-18H,14,16,19-21H2,(H,33,36). The zero-order valence-corrected chi connectivity index (χ0v) is 22.7. The SMILES string of the molecule is O=C(NCCc1cccc(Cl)c1)c1ccc(CN(Cc2cccnc2)S(=O)(=O)c2ccc(C3=NC3)cc2)cc1. The third-order valence-corrected chi connectivity index (χ3v) is 8.43. The van der Waals surface area contributed by atoms with Crippen LogP contribution in [0.15, 0.2) is 107 Å². The topological polar surface area (TPSA) is 91.7 Å². The minimum absolute atomic E-state index is 0.141. The molecule has 0 saturated carbocycles. The molecule has 5 rings (SSSR count). The zero-order chi connectivity index (χ0) is 27.2. The summed E-state index contributed by atoms with van der Waals surface area (Å²) in [4.78, 5) is 21.2. The Labute approximate surface area is 233 Å². The maximum atomic E-state index is 13.7. The molecule has 2 heterocycles. The van der Waals surface area contributed by atoms with Crippen LogP contribution >= 0.6 is 11.6 Å². The van der Waals surface area contributed by atoms with Crippen LogP contribution in [0.2, 0.25) is 5.02 Å². The number of benzene rings is 3. The average Bonchev–Trinajstić information content (AvgIpc) is 3.80. The molecule has 4 aromatic rings. The number of nitrogens with one attached hydrogen (secondary N) is 1. The minimum atomic E-state index is -3.81. The van der Waals surface area contributed by atoms with Crippen LogP contribution in [0, 0.1) is 0 Å². The molecule has 0 fully saturated rings. The Morgan fingerprint density at radius 3 is 2.28 bits per heavy atom. The first-order chi connectivity index (χ1) is 18.9. The van der Waals surface area contributed by atoms with Gasteiger partial charge >= 0.3 is 0 Å². The number of halogens is 1. The highest BCUT2D eigenvalue weighted by Gasteiger charge is 2.26. The van der Waals surface area contributed by atoms with E-state index in [9.17, 15) is 13.2 Å². The number of carbonyl (C=O) groups excluding carboxylic acids is 1. The number of rotatable bonds is 11. The summed E-state index contributed by atoms with van der Waals surface area (Å²) in [6.45, 7) is 1.48. The van der Waals surface area contributed by atoms with Crippen molar-refractivity contribution in [2.45, 2.75) is 24.4 Å². The van der Waals surface area contributed by atoms with Gasteiger partial charge in [-0.05, 0) is 71.1 Å². The monoisotopic (exact) mass is 558 g/mol. The van der Waals surface area contributed by atoms with Crippen molar-refractivity contribution in [3.63, 3.8) is 0 Å². The molecule has 0 spiro atoms. The predicted octanol–water partition coefficient (Wildman–Crippen LogP) is 4.90. The lowest BCUT2D eigenvalue weighted by Crippen LogP contribution is -2.30. The third kappa shape index (κ3) is 6.97. The number of aliphatic imine (C=N–C) groups is 1. The van der Waals surface area contributed by atoms with E-state index in [0.717, 1.165) is 28.0 Å². The quantitative estimate of drug-likeness (QED) is 0.283. The van der Waals surface area contributed by atoms with E-state index in [-0.39, 0.29) is 23.9 Å². The van der Waals surface area contributed by atoms with E-state index in [0.29, 0.717) is 30.1 Å². The first-order valence-electron chi connectivity index (χ1n) is 12.5. The smallest absolute Gasteiger partial charge is 0.251 e. The van der Waals surface area contributed by atoms with E-state index in [4.69, 9.17) is 11.6 Å². The molecule has 1 aliphatic heterocycles. The van der Waals surface area contributed by atoms with Gasteiger partial charge in [0, 0.05) is 42.6 Å². The summed E-state index contributed by atoms with van der Waals surface area (Å²) in [7, 11) is -3.81. The molecule has 1 amide bonds. The van der Waals surface area contributed by atoms with Crippen LogP contribution in [-0.4, -0.2) is 42.4 Å². The Bertz CT molecular complexity index is 1590. The van der Waals surface area contributed by atoms with Crippen molar-refractivity contribution in [3.05, 3.63) is 130 Å². The average molecular weight is 559 g/mol. The summed E-state index contributed by atoms with van der Waals surface area (Å²) in [5, 5.41) is 3.58. The van der Waals surface area contributed by atoms with Gasteiger partial charge in [0.1, 0.15) is 0 Å². The van der Waals surface area contributed by atoms with E-state index in [1.54, 1.807) is 67.0 Å². The van der Waals surface area contributed by atoms with Gasteiger partial charge in [-0.2, -0.15) is 4.31 Å². The molecule has 9 heteroatoms. The number of carbonyl (C=O) groups is 1. The Kier molecular flexibility index (Phi) is 8.16. The van der Waals surface area contributed by atoms with Crippen LogP contribution in [0.5, 0.6) is 0 Å². The molecule has 1 aromatic heterocycles. The summed E-state index contributed by atoms with van der Waals surface area (Å²) in [5.41, 5.74) is 5.02. The largest absolute Gasteiger partial charge is 0.352 e. The van der Waals surface area contributed by atoms with E-state index < -0.39 is 10.0 Å². The second-order valence-corrected chi connectivity index (χ2v) is 11.6. The van der Waals surface area contributed by atoms with Crippen molar-refractivity contribution in [1.82, 2.24) is 14.6 Å². The fourth-order valence-electron chi connectivity index (χ4n) is 4.19. The van der Waals surface area contributed by atoms with E-state index in [2.05, 4.69) is 15.3 Å². The highest BCUT2D eigenvalue weighted by Crippen LogP contribution is 2.23. The summed E-state index contributed by atoms with van der Waals surface area (Å²) in [5.74, 6) is -0.191. The molecule has 7 nitrogen and oxygen atoms in total. The molecule has 0 aliphatic carbocycles. The second-order valence-electron chi connectivity index (χ2n) is 9.25. The van der Waals surface area contributed by atoms with E-state index >= 15 is 0 Å². The van der Waals surface area contributed by atoms with Gasteiger partial charge in [0.05, 0.1) is 17.2 Å². The summed E-state index contributed by atoms with van der Waals surface area (Å²) in [6.07, 6.45) is 3.98. The molecule has 0 radical (unpaired) electrons. The molecule has 3 aromatic carbocycles. The first-order valence-corrected chi connectivity index (χ1v) is 14.3. The van der Waals surface area contributed by atoms with Gasteiger partial charge < -0.3 is 5.32 Å². The van der Waals surface area contributed by atoms with Crippen molar-refractivity contribution in [3.8, 4) is 0 Å². The van der Waals surface area contributed by atoms with Crippen molar-refractivity contribution in [1.29, 1.82) is 0 Å². The van der Waals surface area contributed by atoms with Crippen LogP contribution in [-0.2, 0) is 29.5 Å². The van der Waals surface area contributed by atoms with Gasteiger partial charge in [-0.25, -0.2) is 8.42 Å². The Balaban J connectivity index is 1.28.